The highest BCUT2D eigenvalue weighted by Crippen LogP contribution is 2.37. The van der Waals surface area contributed by atoms with Crippen molar-refractivity contribution in [2.24, 2.45) is 5.10 Å². The van der Waals surface area contributed by atoms with Gasteiger partial charge in [0.2, 0.25) is 11.7 Å². The van der Waals surface area contributed by atoms with Crippen molar-refractivity contribution in [1.29, 1.82) is 0 Å². The lowest BCUT2D eigenvalue weighted by molar-refractivity contribution is -1.02. The first-order valence-electron chi connectivity index (χ1n) is 11.0. The number of rotatable bonds is 10. The number of piperazine rings is 1. The zero-order valence-electron chi connectivity index (χ0n) is 19.1. The van der Waals surface area contributed by atoms with E-state index in [4.69, 9.17) is 14.2 Å². The summed E-state index contributed by atoms with van der Waals surface area (Å²) >= 11 is 0. The number of methoxy groups -OCH3 is 3. The van der Waals surface area contributed by atoms with Crippen LogP contribution in [0.25, 0.3) is 0 Å². The van der Waals surface area contributed by atoms with Gasteiger partial charge >= 0.3 is 0 Å². The van der Waals surface area contributed by atoms with E-state index in [0.717, 1.165) is 44.8 Å². The topological polar surface area (TPSA) is 78.0 Å². The number of hydrogen-bond donors (Lipinski definition) is 3. The van der Waals surface area contributed by atoms with Crippen molar-refractivity contribution in [2.75, 3.05) is 54.1 Å². The van der Waals surface area contributed by atoms with Crippen LogP contribution in [-0.4, -0.2) is 66.2 Å². The van der Waals surface area contributed by atoms with Crippen LogP contribution in [0.2, 0.25) is 0 Å². The molecule has 8 nitrogen and oxygen atoms in total. The van der Waals surface area contributed by atoms with Gasteiger partial charge in [0, 0.05) is 11.1 Å². The highest BCUT2D eigenvalue weighted by molar-refractivity contribution is 5.84. The number of hydrazone groups is 1. The fourth-order valence-electron chi connectivity index (χ4n) is 3.97. The molecular formula is C24H34N4O4+2. The smallest absolute Gasteiger partial charge is 0.245 e. The molecule has 0 spiro atoms. The number of benzene rings is 2. The molecule has 32 heavy (non-hydrogen) atoms. The normalized spacial score (nSPS) is 18.3. The Bertz CT molecular complexity index is 871. The maximum absolute atomic E-state index is 12.2. The molecule has 0 unspecified atom stereocenters. The molecule has 172 valence electrons. The van der Waals surface area contributed by atoms with Gasteiger partial charge in [0.25, 0.3) is 0 Å². The Kier molecular flexibility index (Phi) is 8.89. The molecule has 0 atom stereocenters. The zero-order valence-corrected chi connectivity index (χ0v) is 19.1. The molecule has 3 N–H and O–H groups in total. The molecule has 0 radical (unpaired) electrons. The Morgan fingerprint density at radius 3 is 2.19 bits per heavy atom. The van der Waals surface area contributed by atoms with Gasteiger partial charge in [0.15, 0.2) is 11.5 Å². The van der Waals surface area contributed by atoms with E-state index in [9.17, 15) is 4.79 Å². The third kappa shape index (κ3) is 6.70. The van der Waals surface area contributed by atoms with E-state index in [2.05, 4.69) is 40.9 Å². The minimum absolute atomic E-state index is 0.0831. The average molecular weight is 443 g/mol. The number of amides is 1. The van der Waals surface area contributed by atoms with Crippen molar-refractivity contribution < 1.29 is 28.8 Å². The minimum Gasteiger partial charge on any atom is -0.493 e. The van der Waals surface area contributed by atoms with Gasteiger partial charge in [-0.15, -0.1) is 0 Å². The second-order valence-corrected chi connectivity index (χ2v) is 7.91. The van der Waals surface area contributed by atoms with E-state index in [1.165, 1.54) is 10.5 Å². The van der Waals surface area contributed by atoms with Gasteiger partial charge in [0.1, 0.15) is 32.7 Å². The maximum atomic E-state index is 12.2. The number of nitrogens with zero attached hydrogens (tertiary/aromatic N) is 1. The first kappa shape index (κ1) is 23.6. The summed E-state index contributed by atoms with van der Waals surface area (Å²) in [6.45, 7) is 6.33. The van der Waals surface area contributed by atoms with Gasteiger partial charge in [-0.3, -0.25) is 4.79 Å². The second-order valence-electron chi connectivity index (χ2n) is 7.91. The van der Waals surface area contributed by atoms with Crippen molar-refractivity contribution >= 4 is 12.1 Å². The molecule has 1 heterocycles. The monoisotopic (exact) mass is 442 g/mol. The fraction of sp³-hybridized carbons (Fsp3) is 0.417. The Hall–Kier alpha value is -3.10. The van der Waals surface area contributed by atoms with Crippen molar-refractivity contribution in [2.45, 2.75) is 13.0 Å². The van der Waals surface area contributed by atoms with Gasteiger partial charge in [-0.25, -0.2) is 5.43 Å². The van der Waals surface area contributed by atoms with Crippen LogP contribution in [-0.2, 0) is 11.3 Å². The van der Waals surface area contributed by atoms with Gasteiger partial charge in [0.05, 0.1) is 40.5 Å². The van der Waals surface area contributed by atoms with Crippen LogP contribution in [0.5, 0.6) is 17.2 Å². The highest BCUT2D eigenvalue weighted by atomic mass is 16.5. The molecule has 1 saturated heterocycles. The predicted octanol–water partition coefficient (Wildman–Crippen LogP) is -0.464. The van der Waals surface area contributed by atoms with E-state index >= 15 is 0 Å². The third-order valence-corrected chi connectivity index (χ3v) is 5.76. The lowest BCUT2D eigenvalue weighted by Crippen LogP contribution is -3.27. The number of hydrogen-bond acceptors (Lipinski definition) is 5. The number of carbonyl (C=O) groups excluding carboxylic acids is 1. The van der Waals surface area contributed by atoms with Crippen LogP contribution in [0.3, 0.4) is 0 Å². The quantitative estimate of drug-likeness (QED) is 0.344. The molecule has 0 bridgehead atoms. The lowest BCUT2D eigenvalue weighted by atomic mass is 10.2. The standard InChI is InChI=1S/C24H32N4O4/c1-30-21-15-20(16-22(31-2)24(21)32-3)17-25-26-23(29)9-10-27-11-13-28(14-12-27)18-19-7-5-4-6-8-19/h4-8,15-17H,9-14,18H2,1-3H3,(H,26,29)/p+2/b25-17-. The summed E-state index contributed by atoms with van der Waals surface area (Å²) in [6.07, 6.45) is 2.02. The molecule has 0 aromatic heterocycles. The maximum Gasteiger partial charge on any atom is 0.245 e. The van der Waals surface area contributed by atoms with Gasteiger partial charge < -0.3 is 24.0 Å². The Morgan fingerprint density at radius 1 is 0.969 bits per heavy atom. The lowest BCUT2D eigenvalue weighted by Gasteiger charge is -2.29. The van der Waals surface area contributed by atoms with Gasteiger partial charge in [-0.1, -0.05) is 30.3 Å². The van der Waals surface area contributed by atoms with Crippen LogP contribution < -0.4 is 29.4 Å². The van der Waals surface area contributed by atoms with Crippen molar-refractivity contribution in [3.8, 4) is 17.2 Å². The first-order valence-corrected chi connectivity index (χ1v) is 11.0. The molecule has 2 aromatic rings. The summed E-state index contributed by atoms with van der Waals surface area (Å²) < 4.78 is 16.0. The van der Waals surface area contributed by atoms with E-state index < -0.39 is 0 Å². The molecule has 1 fully saturated rings. The van der Waals surface area contributed by atoms with Gasteiger partial charge in [-0.2, -0.15) is 5.10 Å². The fourth-order valence-corrected chi connectivity index (χ4v) is 3.97. The van der Waals surface area contributed by atoms with Crippen LogP contribution >= 0.6 is 0 Å². The Labute approximate surface area is 189 Å². The van der Waals surface area contributed by atoms with Crippen LogP contribution in [0.15, 0.2) is 47.6 Å². The van der Waals surface area contributed by atoms with Crippen molar-refractivity contribution in [3.05, 3.63) is 53.6 Å². The first-order chi connectivity index (χ1) is 15.6. The SMILES string of the molecule is COc1cc(/C=N\NC(=O)CC[NH+]2CC[NH+](Cc3ccccc3)CC2)cc(OC)c1OC. The number of nitrogens with one attached hydrogen (secondary N) is 3. The summed E-state index contributed by atoms with van der Waals surface area (Å²) in [5.41, 5.74) is 4.74. The highest BCUT2D eigenvalue weighted by Gasteiger charge is 2.23. The molecule has 2 aromatic carbocycles. The largest absolute Gasteiger partial charge is 0.493 e. The van der Waals surface area contributed by atoms with Crippen LogP contribution in [0.4, 0.5) is 0 Å². The van der Waals surface area contributed by atoms with E-state index in [-0.39, 0.29) is 5.91 Å². The number of carbonyl (C=O) groups is 1. The second kappa shape index (κ2) is 12.1. The summed E-state index contributed by atoms with van der Waals surface area (Å²) in [4.78, 5) is 15.3. The summed E-state index contributed by atoms with van der Waals surface area (Å²) in [6, 6.07) is 14.2. The molecule has 0 saturated carbocycles. The third-order valence-electron chi connectivity index (χ3n) is 5.76. The Balaban J connectivity index is 1.41. The predicted molar refractivity (Wildman–Crippen MR) is 123 cm³/mol. The zero-order chi connectivity index (χ0) is 22.8. The number of quaternary nitrogens is 2. The van der Waals surface area contributed by atoms with Crippen LogP contribution in [0, 0.1) is 0 Å². The average Bonchev–Trinajstić information content (AvgIpc) is 2.83. The Morgan fingerprint density at radius 2 is 1.59 bits per heavy atom. The van der Waals surface area contributed by atoms with Crippen LogP contribution in [0.1, 0.15) is 17.5 Å². The molecule has 0 aliphatic carbocycles. The molecule has 1 aliphatic heterocycles. The molecule has 8 heteroatoms. The van der Waals surface area contributed by atoms with E-state index in [0.29, 0.717) is 23.7 Å². The minimum atomic E-state index is -0.0831. The molecule has 1 aliphatic rings. The summed E-state index contributed by atoms with van der Waals surface area (Å²) in [7, 11) is 4.68. The molecule has 3 rings (SSSR count). The van der Waals surface area contributed by atoms with Gasteiger partial charge in [-0.05, 0) is 12.1 Å². The summed E-state index contributed by atoms with van der Waals surface area (Å²) in [5, 5.41) is 4.08. The van der Waals surface area contributed by atoms with Crippen molar-refractivity contribution in [3.63, 3.8) is 0 Å². The molecular weight excluding hydrogens is 408 g/mol. The summed E-state index contributed by atoms with van der Waals surface area (Å²) in [5.74, 6) is 1.51. The van der Waals surface area contributed by atoms with E-state index in [1.54, 1.807) is 44.6 Å². The number of ether oxygens (including phenoxy) is 3. The molecule has 1 amide bonds. The van der Waals surface area contributed by atoms with E-state index in [1.807, 2.05) is 0 Å². The van der Waals surface area contributed by atoms with Crippen molar-refractivity contribution in [1.82, 2.24) is 5.43 Å².